The molecule has 110 valence electrons. The Hall–Kier alpha value is -2.66. The van der Waals surface area contributed by atoms with Crippen LogP contribution < -0.4 is 4.74 Å². The Labute approximate surface area is 132 Å². The predicted molar refractivity (Wildman–Crippen MR) is 85.2 cm³/mol. The fourth-order valence-corrected chi connectivity index (χ4v) is 2.05. The number of ether oxygens (including phenoxy) is 1. The third-order valence-corrected chi connectivity index (χ3v) is 3.18. The lowest BCUT2D eigenvalue weighted by Crippen LogP contribution is -1.99. The molecule has 0 bridgehead atoms. The molecule has 0 unspecified atom stereocenters. The van der Waals surface area contributed by atoms with Crippen molar-refractivity contribution in [2.75, 3.05) is 0 Å². The SMILES string of the molecule is Clc1ccc(OCc2ccccc2)c(C=Nn2cnnc2)c1. The van der Waals surface area contributed by atoms with E-state index in [0.717, 1.165) is 11.1 Å². The number of rotatable bonds is 5. The molecule has 3 aromatic rings. The van der Waals surface area contributed by atoms with E-state index in [9.17, 15) is 0 Å². The number of nitrogens with zero attached hydrogens (tertiary/aromatic N) is 4. The number of hydrogen-bond donors (Lipinski definition) is 0. The lowest BCUT2D eigenvalue weighted by atomic mass is 10.2. The van der Waals surface area contributed by atoms with Crippen LogP contribution in [0.25, 0.3) is 0 Å². The van der Waals surface area contributed by atoms with Crippen molar-refractivity contribution >= 4 is 17.8 Å². The van der Waals surface area contributed by atoms with E-state index < -0.39 is 0 Å². The van der Waals surface area contributed by atoms with Gasteiger partial charge in [0.15, 0.2) is 0 Å². The number of hydrogen-bond acceptors (Lipinski definition) is 4. The first-order valence-electron chi connectivity index (χ1n) is 6.66. The summed E-state index contributed by atoms with van der Waals surface area (Å²) in [6, 6.07) is 15.4. The highest BCUT2D eigenvalue weighted by Crippen LogP contribution is 2.22. The van der Waals surface area contributed by atoms with E-state index >= 15 is 0 Å². The van der Waals surface area contributed by atoms with E-state index in [1.807, 2.05) is 36.4 Å². The van der Waals surface area contributed by atoms with Crippen LogP contribution in [-0.2, 0) is 6.61 Å². The second-order valence-corrected chi connectivity index (χ2v) is 4.98. The second kappa shape index (κ2) is 6.87. The van der Waals surface area contributed by atoms with Gasteiger partial charge in [0.2, 0.25) is 0 Å². The summed E-state index contributed by atoms with van der Waals surface area (Å²) in [5.41, 5.74) is 1.89. The maximum atomic E-state index is 6.05. The molecule has 0 saturated heterocycles. The van der Waals surface area contributed by atoms with Crippen molar-refractivity contribution in [1.82, 2.24) is 14.9 Å². The van der Waals surface area contributed by atoms with Gasteiger partial charge in [0.25, 0.3) is 0 Å². The van der Waals surface area contributed by atoms with E-state index in [1.54, 1.807) is 18.3 Å². The largest absolute Gasteiger partial charge is 0.488 e. The summed E-state index contributed by atoms with van der Waals surface area (Å²) in [6.45, 7) is 0.482. The molecule has 0 N–H and O–H groups in total. The standard InChI is InChI=1S/C16H13ClN4O/c17-15-6-7-16(22-10-13-4-2-1-3-5-13)14(8-15)9-20-21-11-18-19-12-21/h1-9,11-12H,10H2. The van der Waals surface area contributed by atoms with Gasteiger partial charge in [-0.05, 0) is 23.8 Å². The average molecular weight is 313 g/mol. The molecule has 3 rings (SSSR count). The van der Waals surface area contributed by atoms with Crippen LogP contribution in [0.1, 0.15) is 11.1 Å². The monoisotopic (exact) mass is 312 g/mol. The first-order valence-corrected chi connectivity index (χ1v) is 7.04. The van der Waals surface area contributed by atoms with Gasteiger partial charge in [-0.3, -0.25) is 0 Å². The number of halogens is 1. The first-order chi connectivity index (χ1) is 10.8. The zero-order valence-electron chi connectivity index (χ0n) is 11.6. The lowest BCUT2D eigenvalue weighted by molar-refractivity contribution is 0.306. The van der Waals surface area contributed by atoms with Gasteiger partial charge in [-0.15, -0.1) is 10.2 Å². The van der Waals surface area contributed by atoms with Crippen molar-refractivity contribution in [2.45, 2.75) is 6.61 Å². The van der Waals surface area contributed by atoms with Gasteiger partial charge in [0, 0.05) is 10.6 Å². The Balaban J connectivity index is 1.78. The van der Waals surface area contributed by atoms with Gasteiger partial charge in [-0.2, -0.15) is 5.10 Å². The van der Waals surface area contributed by atoms with Gasteiger partial charge >= 0.3 is 0 Å². The predicted octanol–water partition coefficient (Wildman–Crippen LogP) is 3.39. The normalized spacial score (nSPS) is 11.0. The maximum absolute atomic E-state index is 6.05. The van der Waals surface area contributed by atoms with Gasteiger partial charge < -0.3 is 4.74 Å². The summed E-state index contributed by atoms with van der Waals surface area (Å²) < 4.78 is 7.36. The van der Waals surface area contributed by atoms with Crippen LogP contribution in [0.15, 0.2) is 66.3 Å². The summed E-state index contributed by atoms with van der Waals surface area (Å²) in [5.74, 6) is 0.713. The molecule has 5 nitrogen and oxygen atoms in total. The topological polar surface area (TPSA) is 52.3 Å². The Morgan fingerprint density at radius 2 is 1.86 bits per heavy atom. The lowest BCUT2D eigenvalue weighted by Gasteiger charge is -2.09. The second-order valence-electron chi connectivity index (χ2n) is 4.54. The Kier molecular flexibility index (Phi) is 4.46. The van der Waals surface area contributed by atoms with Crippen LogP contribution in [0, 0.1) is 0 Å². The van der Waals surface area contributed by atoms with Crippen molar-refractivity contribution in [2.24, 2.45) is 5.10 Å². The third-order valence-electron chi connectivity index (χ3n) is 2.95. The highest BCUT2D eigenvalue weighted by atomic mass is 35.5. The van der Waals surface area contributed by atoms with Crippen LogP contribution in [0.3, 0.4) is 0 Å². The fourth-order valence-electron chi connectivity index (χ4n) is 1.87. The highest BCUT2D eigenvalue weighted by molar-refractivity contribution is 6.30. The van der Waals surface area contributed by atoms with Crippen LogP contribution >= 0.6 is 11.6 Å². The molecule has 2 aromatic carbocycles. The molecular formula is C16H13ClN4O. The zero-order valence-corrected chi connectivity index (χ0v) is 12.4. The number of benzene rings is 2. The van der Waals surface area contributed by atoms with Crippen LogP contribution in [0.5, 0.6) is 5.75 Å². The summed E-state index contributed by atoms with van der Waals surface area (Å²) in [7, 11) is 0. The molecule has 0 saturated carbocycles. The summed E-state index contributed by atoms with van der Waals surface area (Å²) in [5, 5.41) is 12.2. The van der Waals surface area contributed by atoms with Gasteiger partial charge in [0.05, 0.1) is 6.21 Å². The molecule has 0 spiro atoms. The van der Waals surface area contributed by atoms with Crippen molar-refractivity contribution in [1.29, 1.82) is 0 Å². The van der Waals surface area contributed by atoms with Crippen LogP contribution in [-0.4, -0.2) is 21.1 Å². The maximum Gasteiger partial charge on any atom is 0.141 e. The molecule has 6 heteroatoms. The van der Waals surface area contributed by atoms with Gasteiger partial charge in [-0.1, -0.05) is 41.9 Å². The minimum atomic E-state index is 0.482. The summed E-state index contributed by atoms with van der Waals surface area (Å²) >= 11 is 6.05. The van der Waals surface area contributed by atoms with Crippen molar-refractivity contribution in [3.63, 3.8) is 0 Å². The molecular weight excluding hydrogens is 300 g/mol. The van der Waals surface area contributed by atoms with Crippen molar-refractivity contribution < 1.29 is 4.74 Å². The smallest absolute Gasteiger partial charge is 0.141 e. The van der Waals surface area contributed by atoms with Crippen LogP contribution in [0.2, 0.25) is 5.02 Å². The molecule has 0 aliphatic heterocycles. The first kappa shape index (κ1) is 14.3. The van der Waals surface area contributed by atoms with Gasteiger partial charge in [0.1, 0.15) is 25.0 Å². The van der Waals surface area contributed by atoms with E-state index in [0.29, 0.717) is 17.4 Å². The number of aromatic nitrogens is 3. The Morgan fingerprint density at radius 3 is 2.64 bits per heavy atom. The molecule has 0 radical (unpaired) electrons. The van der Waals surface area contributed by atoms with Crippen LogP contribution in [0.4, 0.5) is 0 Å². The van der Waals surface area contributed by atoms with E-state index in [-0.39, 0.29) is 0 Å². The minimum absolute atomic E-state index is 0.482. The van der Waals surface area contributed by atoms with E-state index in [2.05, 4.69) is 15.3 Å². The van der Waals surface area contributed by atoms with E-state index in [1.165, 1.54) is 17.3 Å². The Bertz CT molecular complexity index is 757. The molecule has 0 amide bonds. The van der Waals surface area contributed by atoms with Crippen molar-refractivity contribution in [3.8, 4) is 5.75 Å². The molecule has 0 atom stereocenters. The molecule has 0 aliphatic rings. The molecule has 22 heavy (non-hydrogen) atoms. The highest BCUT2D eigenvalue weighted by Gasteiger charge is 2.04. The van der Waals surface area contributed by atoms with Gasteiger partial charge in [-0.25, -0.2) is 4.68 Å². The Morgan fingerprint density at radius 1 is 1.09 bits per heavy atom. The third kappa shape index (κ3) is 3.71. The molecule has 1 aromatic heterocycles. The molecule has 1 heterocycles. The fraction of sp³-hybridized carbons (Fsp3) is 0.0625. The minimum Gasteiger partial charge on any atom is -0.488 e. The average Bonchev–Trinajstić information content (AvgIpc) is 3.06. The molecule has 0 aliphatic carbocycles. The van der Waals surface area contributed by atoms with Crippen molar-refractivity contribution in [3.05, 3.63) is 77.3 Å². The van der Waals surface area contributed by atoms with E-state index in [4.69, 9.17) is 16.3 Å². The zero-order chi connectivity index (χ0) is 15.2. The summed E-state index contributed by atoms with van der Waals surface area (Å²) in [4.78, 5) is 0. The quantitative estimate of drug-likeness (QED) is 0.679. The molecule has 0 fully saturated rings. The summed E-state index contributed by atoms with van der Waals surface area (Å²) in [6.07, 6.45) is 4.67.